The Kier molecular flexibility index (Phi) is 13.0. The van der Waals surface area contributed by atoms with Crippen LogP contribution in [0.5, 0.6) is 0 Å². The standard InChI is InChI=1S/C43H45BrO6/c1-30-23-36(44)24-31(2)38(30)39(45)41-43(49-28-35-21-13-6-14-22-35)42(48-27-34-19-11-5-12-20-34)40(47-26-33-17-9-4-10-18-33)37(50-41)29-46-25-32-15-7-3-8-16-32/h3-24,37,39-43,45H,25-29H2,1-2H3/t37-,39-,40-,41-,42+,43-/m1/s1. The monoisotopic (exact) mass is 736 g/mol. The molecule has 6 nitrogen and oxygen atoms in total. The van der Waals surface area contributed by atoms with Crippen molar-refractivity contribution in [2.75, 3.05) is 6.61 Å². The van der Waals surface area contributed by atoms with Crippen molar-refractivity contribution in [2.45, 2.75) is 76.9 Å². The Morgan fingerprint density at radius 3 is 1.44 bits per heavy atom. The summed E-state index contributed by atoms with van der Waals surface area (Å²) in [5.74, 6) is 0. The third-order valence-corrected chi connectivity index (χ3v) is 9.54. The largest absolute Gasteiger partial charge is 0.386 e. The van der Waals surface area contributed by atoms with Gasteiger partial charge in [-0.3, -0.25) is 0 Å². The maximum Gasteiger partial charge on any atom is 0.117 e. The quantitative estimate of drug-likeness (QED) is 0.116. The van der Waals surface area contributed by atoms with Crippen molar-refractivity contribution in [2.24, 2.45) is 0 Å². The lowest BCUT2D eigenvalue weighted by Crippen LogP contribution is -2.62. The fourth-order valence-electron chi connectivity index (χ4n) is 6.63. The first-order chi connectivity index (χ1) is 24.5. The van der Waals surface area contributed by atoms with Gasteiger partial charge in [-0.05, 0) is 64.9 Å². The van der Waals surface area contributed by atoms with Crippen LogP contribution < -0.4 is 0 Å². The molecule has 6 rings (SSSR count). The Bertz CT molecular complexity index is 1710. The summed E-state index contributed by atoms with van der Waals surface area (Å²) < 4.78 is 34.6. The van der Waals surface area contributed by atoms with Crippen LogP contribution in [0, 0.1) is 13.8 Å². The second-order valence-electron chi connectivity index (χ2n) is 12.8. The SMILES string of the molecule is Cc1cc(Br)cc(C)c1[C@@H](O)[C@H]1O[C@H](COCc2ccccc2)[C@@H](OCc2ccccc2)[C@H](OCc2ccccc2)[C@@H]1OCc1ccccc1. The zero-order chi connectivity index (χ0) is 34.7. The summed E-state index contributed by atoms with van der Waals surface area (Å²) in [6.45, 7) is 5.64. The maximum atomic E-state index is 12.3. The highest BCUT2D eigenvalue weighted by molar-refractivity contribution is 9.10. The third-order valence-electron chi connectivity index (χ3n) is 9.08. The van der Waals surface area contributed by atoms with Gasteiger partial charge in [0.15, 0.2) is 0 Å². The molecule has 0 bridgehead atoms. The highest BCUT2D eigenvalue weighted by Gasteiger charge is 2.51. The van der Waals surface area contributed by atoms with Gasteiger partial charge in [0.25, 0.3) is 0 Å². The van der Waals surface area contributed by atoms with Crippen molar-refractivity contribution in [1.82, 2.24) is 0 Å². The lowest BCUT2D eigenvalue weighted by Gasteiger charge is -2.47. The molecule has 260 valence electrons. The van der Waals surface area contributed by atoms with Gasteiger partial charge in [0.05, 0.1) is 33.0 Å². The molecular weight excluding hydrogens is 692 g/mol. The summed E-state index contributed by atoms with van der Waals surface area (Å²) in [5, 5.41) is 12.3. The summed E-state index contributed by atoms with van der Waals surface area (Å²) in [6.07, 6.45) is -4.26. The Balaban J connectivity index is 1.38. The Morgan fingerprint density at radius 1 is 0.580 bits per heavy atom. The highest BCUT2D eigenvalue weighted by Crippen LogP contribution is 2.38. The van der Waals surface area contributed by atoms with Crippen LogP contribution >= 0.6 is 15.9 Å². The molecule has 5 aromatic rings. The van der Waals surface area contributed by atoms with Gasteiger partial charge in [-0.1, -0.05) is 137 Å². The van der Waals surface area contributed by atoms with E-state index >= 15 is 0 Å². The third kappa shape index (κ3) is 9.56. The summed E-state index contributed by atoms with van der Waals surface area (Å²) >= 11 is 3.62. The summed E-state index contributed by atoms with van der Waals surface area (Å²) in [6, 6.07) is 44.3. The second-order valence-corrected chi connectivity index (χ2v) is 13.7. The van der Waals surface area contributed by atoms with Crippen LogP contribution in [0.25, 0.3) is 0 Å². The van der Waals surface area contributed by atoms with Crippen LogP contribution in [0.1, 0.15) is 45.0 Å². The van der Waals surface area contributed by atoms with Gasteiger partial charge in [0.2, 0.25) is 0 Å². The van der Waals surface area contributed by atoms with Crippen molar-refractivity contribution >= 4 is 15.9 Å². The predicted molar refractivity (Wildman–Crippen MR) is 198 cm³/mol. The molecule has 7 heteroatoms. The zero-order valence-corrected chi connectivity index (χ0v) is 30.2. The minimum Gasteiger partial charge on any atom is -0.386 e. The van der Waals surface area contributed by atoms with E-state index in [2.05, 4.69) is 15.9 Å². The van der Waals surface area contributed by atoms with E-state index in [9.17, 15) is 5.11 Å². The normalized spacial score (nSPS) is 21.2. The molecule has 1 fully saturated rings. The van der Waals surface area contributed by atoms with Crippen molar-refractivity contribution < 1.29 is 28.8 Å². The number of hydrogen-bond acceptors (Lipinski definition) is 6. The van der Waals surface area contributed by atoms with Crippen molar-refractivity contribution in [1.29, 1.82) is 0 Å². The number of halogens is 1. The summed E-state index contributed by atoms with van der Waals surface area (Å²) in [4.78, 5) is 0. The molecule has 1 heterocycles. The Morgan fingerprint density at radius 2 is 0.980 bits per heavy atom. The van der Waals surface area contributed by atoms with Crippen LogP contribution in [-0.2, 0) is 50.1 Å². The molecule has 5 aromatic carbocycles. The van der Waals surface area contributed by atoms with Crippen LogP contribution in [0.4, 0.5) is 0 Å². The van der Waals surface area contributed by atoms with Crippen LogP contribution in [0.2, 0.25) is 0 Å². The number of hydrogen-bond donors (Lipinski definition) is 1. The molecule has 0 amide bonds. The smallest absolute Gasteiger partial charge is 0.117 e. The molecule has 50 heavy (non-hydrogen) atoms. The van der Waals surface area contributed by atoms with Crippen molar-refractivity contribution in [3.63, 3.8) is 0 Å². The number of ether oxygens (including phenoxy) is 5. The average molecular weight is 738 g/mol. The lowest BCUT2D eigenvalue weighted by molar-refractivity contribution is -0.287. The van der Waals surface area contributed by atoms with E-state index in [0.29, 0.717) is 26.4 Å². The van der Waals surface area contributed by atoms with Gasteiger partial charge in [0.1, 0.15) is 36.6 Å². The number of aryl methyl sites for hydroxylation is 2. The fraction of sp³-hybridized carbons (Fsp3) is 0.302. The Hall–Kier alpha value is -3.66. The first-order valence-corrected chi connectivity index (χ1v) is 17.9. The molecule has 0 saturated carbocycles. The summed E-state index contributed by atoms with van der Waals surface area (Å²) in [7, 11) is 0. The minimum atomic E-state index is -1.02. The highest BCUT2D eigenvalue weighted by atomic mass is 79.9. The predicted octanol–water partition coefficient (Wildman–Crippen LogP) is 8.84. The number of aliphatic hydroxyl groups excluding tert-OH is 1. The number of aliphatic hydroxyl groups is 1. The second kappa shape index (κ2) is 18.0. The van der Waals surface area contributed by atoms with Crippen LogP contribution in [0.3, 0.4) is 0 Å². The van der Waals surface area contributed by atoms with E-state index in [-0.39, 0.29) is 6.61 Å². The van der Waals surface area contributed by atoms with Crippen LogP contribution in [-0.4, -0.2) is 42.2 Å². The lowest BCUT2D eigenvalue weighted by atomic mass is 9.86. The maximum absolute atomic E-state index is 12.3. The molecule has 0 aromatic heterocycles. The van der Waals surface area contributed by atoms with Gasteiger partial charge in [0, 0.05) is 4.47 Å². The van der Waals surface area contributed by atoms with Gasteiger partial charge in [-0.2, -0.15) is 0 Å². The van der Waals surface area contributed by atoms with Crippen LogP contribution in [0.15, 0.2) is 138 Å². The topological polar surface area (TPSA) is 66.4 Å². The molecule has 1 N–H and O–H groups in total. The van der Waals surface area contributed by atoms with E-state index in [4.69, 9.17) is 23.7 Å². The van der Waals surface area contributed by atoms with E-state index in [0.717, 1.165) is 43.4 Å². The molecule has 0 unspecified atom stereocenters. The van der Waals surface area contributed by atoms with Crippen molar-refractivity contribution in [3.05, 3.63) is 177 Å². The Labute approximate surface area is 304 Å². The molecule has 0 aliphatic carbocycles. The first-order valence-electron chi connectivity index (χ1n) is 17.1. The molecule has 1 aliphatic rings. The van der Waals surface area contributed by atoms with Gasteiger partial charge in [-0.25, -0.2) is 0 Å². The molecular formula is C43H45BrO6. The number of rotatable bonds is 15. The van der Waals surface area contributed by atoms with E-state index in [1.165, 1.54) is 0 Å². The van der Waals surface area contributed by atoms with E-state index in [1.807, 2.05) is 147 Å². The van der Waals surface area contributed by atoms with E-state index in [1.54, 1.807) is 0 Å². The molecule has 1 aliphatic heterocycles. The first kappa shape index (κ1) is 36.1. The molecule has 6 atom stereocenters. The minimum absolute atomic E-state index is 0.229. The molecule has 0 radical (unpaired) electrons. The average Bonchev–Trinajstić information content (AvgIpc) is 3.14. The fourth-order valence-corrected chi connectivity index (χ4v) is 7.32. The van der Waals surface area contributed by atoms with E-state index < -0.39 is 36.6 Å². The molecule has 1 saturated heterocycles. The summed E-state index contributed by atoms with van der Waals surface area (Å²) in [5.41, 5.74) is 6.84. The van der Waals surface area contributed by atoms with Gasteiger partial charge >= 0.3 is 0 Å². The zero-order valence-electron chi connectivity index (χ0n) is 28.6. The molecule has 0 spiro atoms. The van der Waals surface area contributed by atoms with Gasteiger partial charge in [-0.15, -0.1) is 0 Å². The van der Waals surface area contributed by atoms with Crippen molar-refractivity contribution in [3.8, 4) is 0 Å². The number of benzene rings is 5. The van der Waals surface area contributed by atoms with Gasteiger partial charge < -0.3 is 28.8 Å².